The van der Waals surface area contributed by atoms with Crippen molar-refractivity contribution in [2.75, 3.05) is 19.6 Å². The van der Waals surface area contributed by atoms with Gasteiger partial charge in [-0.3, -0.25) is 14.4 Å². The predicted octanol–water partition coefficient (Wildman–Crippen LogP) is -2.85. The average molecular weight is 425 g/mol. The van der Waals surface area contributed by atoms with Crippen molar-refractivity contribution in [2.45, 2.75) is 0 Å². The van der Waals surface area contributed by atoms with Gasteiger partial charge in [0.05, 0.1) is 0 Å². The minimum atomic E-state index is -1.07. The Morgan fingerprint density at radius 3 is 0.789 bits per heavy atom. The summed E-state index contributed by atoms with van der Waals surface area (Å²) in [7, 11) is 0. The molecule has 0 aromatic carbocycles. The molecule has 12 nitrogen and oxygen atoms in total. The maximum atomic E-state index is 9.38. The molecule has 0 aromatic rings. The van der Waals surface area contributed by atoms with Crippen molar-refractivity contribution in [2.24, 2.45) is 0 Å². The van der Waals surface area contributed by atoms with Crippen molar-refractivity contribution in [1.82, 2.24) is 16.4 Å². The molecule has 0 rings (SSSR count). The van der Waals surface area contributed by atoms with Crippen LogP contribution in [-0.4, -0.2) is 68.5 Å². The second kappa shape index (κ2) is 22.9. The first kappa shape index (κ1) is 27.2. The van der Waals surface area contributed by atoms with Gasteiger partial charge in [-0.25, -0.2) is 0 Å². The third kappa shape index (κ3) is 57.5. The van der Waals surface area contributed by atoms with Crippen molar-refractivity contribution in [3.63, 3.8) is 0 Å². The van der Waals surface area contributed by atoms with E-state index < -0.39 is 37.5 Å². The van der Waals surface area contributed by atoms with E-state index in [4.69, 9.17) is 30.9 Å². The van der Waals surface area contributed by atoms with Crippen molar-refractivity contribution < 1.29 is 94.7 Å². The molecule has 13 heteroatoms. The van der Waals surface area contributed by atoms with Gasteiger partial charge in [-0.1, -0.05) is 0 Å². The van der Waals surface area contributed by atoms with E-state index in [0.717, 1.165) is 0 Å². The van der Waals surface area contributed by atoms with E-state index in [9.17, 15) is 14.4 Å². The summed E-state index contributed by atoms with van der Waals surface area (Å²) in [5.41, 5.74) is 4.40. The fourth-order valence-electron chi connectivity index (χ4n) is 0.203. The summed E-state index contributed by atoms with van der Waals surface area (Å²) in [5.74, 6) is -3.22. The molecule has 0 aliphatic heterocycles. The van der Waals surface area contributed by atoms with Gasteiger partial charge in [-0.15, -0.1) is 0 Å². The van der Waals surface area contributed by atoms with Gasteiger partial charge in [0.2, 0.25) is 0 Å². The topological polar surface area (TPSA) is 209 Å². The SMILES string of the molecule is O=C(O)CNO.O=C(O)CNO.O=C(O)CNO.[Eu]. The summed E-state index contributed by atoms with van der Waals surface area (Å²) in [4.78, 5) is 28.1. The van der Waals surface area contributed by atoms with Gasteiger partial charge in [0.1, 0.15) is 19.6 Å². The van der Waals surface area contributed by atoms with E-state index in [0.29, 0.717) is 0 Å². The number of carbonyl (C=O) groups is 3. The molecule has 0 aliphatic carbocycles. The Hall–Kier alpha value is -0.246. The van der Waals surface area contributed by atoms with E-state index >= 15 is 0 Å². The number of hydrogen-bond acceptors (Lipinski definition) is 9. The van der Waals surface area contributed by atoms with Crippen LogP contribution >= 0.6 is 0 Å². The van der Waals surface area contributed by atoms with Crippen molar-refractivity contribution >= 4 is 17.9 Å². The first-order chi connectivity index (χ1) is 8.31. The molecule has 0 bridgehead atoms. The molecule has 0 aromatic heterocycles. The van der Waals surface area contributed by atoms with Gasteiger partial charge >= 0.3 is 17.9 Å². The minimum absolute atomic E-state index is 0. The fraction of sp³-hybridized carbons (Fsp3) is 0.500. The Kier molecular flexibility index (Phi) is 32.7. The van der Waals surface area contributed by atoms with E-state index in [-0.39, 0.29) is 49.4 Å². The molecule has 0 saturated carbocycles. The normalized spacial score (nSPS) is 7.74. The van der Waals surface area contributed by atoms with Crippen LogP contribution in [0.25, 0.3) is 0 Å². The molecule has 0 aliphatic rings. The van der Waals surface area contributed by atoms with E-state index in [1.54, 1.807) is 0 Å². The third-order valence-electron chi connectivity index (χ3n) is 0.691. The van der Waals surface area contributed by atoms with Crippen LogP contribution in [0.3, 0.4) is 0 Å². The largest absolute Gasteiger partial charge is 0.480 e. The smallest absolute Gasteiger partial charge is 0.319 e. The quantitative estimate of drug-likeness (QED) is 0.197. The summed E-state index contributed by atoms with van der Waals surface area (Å²) in [6.07, 6.45) is 0. The molecule has 0 saturated heterocycles. The van der Waals surface area contributed by atoms with Gasteiger partial charge in [0, 0.05) is 49.4 Å². The van der Waals surface area contributed by atoms with Gasteiger partial charge in [0.25, 0.3) is 0 Å². The van der Waals surface area contributed by atoms with E-state index in [1.165, 1.54) is 16.4 Å². The van der Waals surface area contributed by atoms with Gasteiger partial charge in [0.15, 0.2) is 0 Å². The molecule has 115 valence electrons. The Bertz CT molecular complexity index is 202. The number of hydrogen-bond donors (Lipinski definition) is 9. The number of carboxylic acids is 3. The van der Waals surface area contributed by atoms with Crippen LogP contribution in [0.4, 0.5) is 0 Å². The molecule has 0 spiro atoms. The molecule has 0 fully saturated rings. The maximum Gasteiger partial charge on any atom is 0.319 e. The number of aliphatic carboxylic acids is 3. The minimum Gasteiger partial charge on any atom is -0.480 e. The summed E-state index contributed by atoms with van der Waals surface area (Å²) < 4.78 is 0. The zero-order valence-corrected chi connectivity index (χ0v) is 11.8. The van der Waals surface area contributed by atoms with Gasteiger partial charge in [-0.2, -0.15) is 16.4 Å². The standard InChI is InChI=1S/3C2H5NO3.Eu/c3*4-2(5)1-3-6;/h3*3,6H,1H2,(H,4,5);. The van der Waals surface area contributed by atoms with Crippen molar-refractivity contribution in [3.8, 4) is 0 Å². The van der Waals surface area contributed by atoms with Crippen LogP contribution < -0.4 is 16.4 Å². The summed E-state index contributed by atoms with van der Waals surface area (Å²) in [5, 5.41) is 45.9. The predicted molar refractivity (Wildman–Crippen MR) is 52.3 cm³/mol. The monoisotopic (exact) mass is 426 g/mol. The summed E-state index contributed by atoms with van der Waals surface area (Å²) in [6, 6.07) is 0. The summed E-state index contributed by atoms with van der Waals surface area (Å²) in [6.45, 7) is -1.21. The molecule has 1 radical (unpaired) electrons. The van der Waals surface area contributed by atoms with Crippen LogP contribution in [0, 0.1) is 49.4 Å². The van der Waals surface area contributed by atoms with Crippen LogP contribution in [-0.2, 0) is 14.4 Å². The van der Waals surface area contributed by atoms with Gasteiger partial charge < -0.3 is 30.9 Å². The van der Waals surface area contributed by atoms with Crippen molar-refractivity contribution in [3.05, 3.63) is 0 Å². The first-order valence-electron chi connectivity index (χ1n) is 4.08. The number of nitrogens with one attached hydrogen (secondary N) is 3. The first-order valence-corrected chi connectivity index (χ1v) is 4.08. The molecular formula is C6H15EuN3O9. The fourth-order valence-corrected chi connectivity index (χ4v) is 0.203. The average Bonchev–Trinajstić information content (AvgIpc) is 2.18. The molecule has 19 heavy (non-hydrogen) atoms. The molecule has 0 heterocycles. The van der Waals surface area contributed by atoms with Crippen LogP contribution in [0.1, 0.15) is 0 Å². The zero-order valence-electron chi connectivity index (χ0n) is 9.41. The molecular weight excluding hydrogens is 410 g/mol. The molecule has 9 N–H and O–H groups in total. The number of rotatable bonds is 6. The molecule has 0 amide bonds. The number of carboxylic acid groups (broad SMARTS) is 3. The third-order valence-corrected chi connectivity index (χ3v) is 0.691. The Morgan fingerprint density at radius 2 is 0.789 bits per heavy atom. The van der Waals surface area contributed by atoms with E-state index in [2.05, 4.69) is 0 Å². The van der Waals surface area contributed by atoms with Crippen LogP contribution in [0.15, 0.2) is 0 Å². The van der Waals surface area contributed by atoms with Crippen LogP contribution in [0.5, 0.6) is 0 Å². The van der Waals surface area contributed by atoms with E-state index in [1.807, 2.05) is 0 Å². The zero-order chi connectivity index (χ0) is 15.0. The Balaban J connectivity index is -0.0000000865. The Labute approximate surface area is 147 Å². The van der Waals surface area contributed by atoms with Crippen molar-refractivity contribution in [1.29, 1.82) is 0 Å². The van der Waals surface area contributed by atoms with Crippen LogP contribution in [0.2, 0.25) is 0 Å². The summed E-state index contributed by atoms with van der Waals surface area (Å²) >= 11 is 0. The molecule has 0 atom stereocenters. The second-order valence-electron chi connectivity index (χ2n) is 2.19. The Morgan fingerprint density at radius 1 is 0.632 bits per heavy atom. The van der Waals surface area contributed by atoms with Gasteiger partial charge in [-0.05, 0) is 0 Å². The molecule has 0 unspecified atom stereocenters. The number of hydroxylamine groups is 3. The second-order valence-corrected chi connectivity index (χ2v) is 2.19. The maximum absolute atomic E-state index is 9.38.